The molecule has 1 aromatic rings. The zero-order chi connectivity index (χ0) is 18.3. The van der Waals surface area contributed by atoms with E-state index in [1.54, 1.807) is 7.11 Å². The molecule has 138 valence electrons. The standard InChI is InChI=1S/C18H27N3O4/c1-18(2,25-19-13-22)12-14-8-10-21(11-9-14)17(23)20-15-4-6-16(24-3)7-5-15/h4-7,13-14H,8-12H2,1-3H3,(H,19,22)(H,20,23). The van der Waals surface area contributed by atoms with Gasteiger partial charge >= 0.3 is 6.03 Å². The van der Waals surface area contributed by atoms with Crippen LogP contribution in [0.3, 0.4) is 0 Å². The van der Waals surface area contributed by atoms with Crippen molar-refractivity contribution in [3.05, 3.63) is 24.3 Å². The van der Waals surface area contributed by atoms with Gasteiger partial charge in [0, 0.05) is 18.8 Å². The summed E-state index contributed by atoms with van der Waals surface area (Å²) in [6.45, 7) is 5.33. The van der Waals surface area contributed by atoms with E-state index in [-0.39, 0.29) is 6.03 Å². The second-order valence-corrected chi connectivity index (χ2v) is 6.89. The number of anilines is 1. The van der Waals surface area contributed by atoms with E-state index in [1.165, 1.54) is 0 Å². The Balaban J connectivity index is 1.78. The van der Waals surface area contributed by atoms with Crippen molar-refractivity contribution in [2.75, 3.05) is 25.5 Å². The summed E-state index contributed by atoms with van der Waals surface area (Å²) in [4.78, 5) is 29.9. The molecule has 0 spiro atoms. The summed E-state index contributed by atoms with van der Waals surface area (Å²) < 4.78 is 5.11. The van der Waals surface area contributed by atoms with Gasteiger partial charge in [0.25, 0.3) is 0 Å². The molecule has 2 N–H and O–H groups in total. The van der Waals surface area contributed by atoms with Crippen molar-refractivity contribution in [2.45, 2.75) is 38.7 Å². The van der Waals surface area contributed by atoms with Crippen LogP contribution in [0, 0.1) is 5.92 Å². The van der Waals surface area contributed by atoms with Crippen molar-refractivity contribution in [1.29, 1.82) is 0 Å². The number of urea groups is 1. The lowest BCUT2D eigenvalue weighted by Gasteiger charge is -2.35. The molecule has 0 bridgehead atoms. The molecule has 0 aromatic heterocycles. The first kappa shape index (κ1) is 19.1. The smallest absolute Gasteiger partial charge is 0.321 e. The van der Waals surface area contributed by atoms with Crippen molar-refractivity contribution in [2.24, 2.45) is 5.92 Å². The third-order valence-corrected chi connectivity index (χ3v) is 4.41. The van der Waals surface area contributed by atoms with E-state index in [9.17, 15) is 9.59 Å². The predicted octanol–water partition coefficient (Wildman–Crippen LogP) is 2.79. The highest BCUT2D eigenvalue weighted by Gasteiger charge is 2.29. The van der Waals surface area contributed by atoms with E-state index >= 15 is 0 Å². The molecule has 3 amide bonds. The summed E-state index contributed by atoms with van der Waals surface area (Å²) in [6.07, 6.45) is 3.21. The Labute approximate surface area is 148 Å². The first-order valence-corrected chi connectivity index (χ1v) is 8.50. The minimum atomic E-state index is -0.418. The van der Waals surface area contributed by atoms with Crippen LogP contribution in [0.2, 0.25) is 0 Å². The van der Waals surface area contributed by atoms with Crippen LogP contribution in [0.25, 0.3) is 0 Å². The number of nitrogens with one attached hydrogen (secondary N) is 2. The molecule has 0 atom stereocenters. The van der Waals surface area contributed by atoms with Gasteiger partial charge in [-0.15, -0.1) is 0 Å². The lowest BCUT2D eigenvalue weighted by molar-refractivity contribution is -0.138. The van der Waals surface area contributed by atoms with Crippen LogP contribution in [-0.4, -0.2) is 43.1 Å². The molecule has 1 heterocycles. The number of nitrogens with zero attached hydrogens (tertiary/aromatic N) is 1. The Morgan fingerprint density at radius 2 is 1.92 bits per heavy atom. The molecule has 1 fully saturated rings. The third-order valence-electron chi connectivity index (χ3n) is 4.41. The quantitative estimate of drug-likeness (QED) is 0.586. The van der Waals surface area contributed by atoms with Crippen molar-refractivity contribution < 1.29 is 19.2 Å². The number of hydrogen-bond donors (Lipinski definition) is 2. The average molecular weight is 349 g/mol. The normalized spacial score (nSPS) is 15.6. The molecule has 0 unspecified atom stereocenters. The van der Waals surface area contributed by atoms with Gasteiger partial charge in [-0.3, -0.25) is 9.63 Å². The predicted molar refractivity (Wildman–Crippen MR) is 95.3 cm³/mol. The van der Waals surface area contributed by atoms with Crippen molar-refractivity contribution in [3.8, 4) is 5.75 Å². The number of piperidine rings is 1. The topological polar surface area (TPSA) is 79.9 Å². The number of rotatable bonds is 7. The van der Waals surface area contributed by atoms with Gasteiger partial charge < -0.3 is 15.0 Å². The van der Waals surface area contributed by atoms with E-state index in [4.69, 9.17) is 9.57 Å². The summed E-state index contributed by atoms with van der Waals surface area (Å²) in [5.41, 5.74) is 2.61. The fraction of sp³-hybridized carbons (Fsp3) is 0.556. The summed E-state index contributed by atoms with van der Waals surface area (Å²) in [7, 11) is 1.61. The zero-order valence-corrected chi connectivity index (χ0v) is 15.1. The highest BCUT2D eigenvalue weighted by Crippen LogP contribution is 2.28. The van der Waals surface area contributed by atoms with Crippen molar-refractivity contribution in [1.82, 2.24) is 10.4 Å². The number of benzene rings is 1. The van der Waals surface area contributed by atoms with Crippen LogP contribution in [0.1, 0.15) is 33.1 Å². The van der Waals surface area contributed by atoms with Crippen LogP contribution in [0.5, 0.6) is 5.75 Å². The number of ether oxygens (including phenoxy) is 1. The first-order valence-electron chi connectivity index (χ1n) is 8.50. The summed E-state index contributed by atoms with van der Waals surface area (Å²) in [5, 5.41) is 2.91. The van der Waals surface area contributed by atoms with Gasteiger partial charge in [-0.1, -0.05) is 0 Å². The van der Waals surface area contributed by atoms with Crippen LogP contribution in [0.15, 0.2) is 24.3 Å². The van der Waals surface area contributed by atoms with Gasteiger partial charge in [-0.2, -0.15) is 0 Å². The number of hydroxylamine groups is 1. The molecule has 7 nitrogen and oxygen atoms in total. The van der Waals surface area contributed by atoms with Crippen LogP contribution in [-0.2, 0) is 9.63 Å². The summed E-state index contributed by atoms with van der Waals surface area (Å²) >= 11 is 0. The molecule has 7 heteroatoms. The second-order valence-electron chi connectivity index (χ2n) is 6.89. The van der Waals surface area contributed by atoms with Gasteiger partial charge in [-0.25, -0.2) is 10.3 Å². The monoisotopic (exact) mass is 349 g/mol. The molecular formula is C18H27N3O4. The summed E-state index contributed by atoms with van der Waals surface area (Å²) in [6, 6.07) is 7.20. The van der Waals surface area contributed by atoms with E-state index < -0.39 is 5.60 Å². The molecule has 25 heavy (non-hydrogen) atoms. The summed E-state index contributed by atoms with van der Waals surface area (Å²) in [5.74, 6) is 1.22. The highest BCUT2D eigenvalue weighted by atomic mass is 16.7. The fourth-order valence-electron chi connectivity index (χ4n) is 3.14. The van der Waals surface area contributed by atoms with E-state index in [1.807, 2.05) is 43.0 Å². The Kier molecular flexibility index (Phi) is 6.64. The molecule has 2 rings (SSSR count). The molecule has 1 aliphatic rings. The number of likely N-dealkylation sites (tertiary alicyclic amines) is 1. The number of hydrogen-bond acceptors (Lipinski definition) is 4. The first-order chi connectivity index (χ1) is 11.9. The maximum atomic E-state index is 12.4. The van der Waals surface area contributed by atoms with Gasteiger partial charge in [0.15, 0.2) is 0 Å². The Hall–Kier alpha value is -2.28. The molecule has 0 aliphatic carbocycles. The lowest BCUT2D eigenvalue weighted by Crippen LogP contribution is -2.43. The van der Waals surface area contributed by atoms with Crippen LogP contribution >= 0.6 is 0 Å². The van der Waals surface area contributed by atoms with Gasteiger partial charge in [0.2, 0.25) is 6.41 Å². The number of amides is 3. The van der Waals surface area contributed by atoms with E-state index in [0.29, 0.717) is 25.4 Å². The highest BCUT2D eigenvalue weighted by molar-refractivity contribution is 5.89. The van der Waals surface area contributed by atoms with Crippen LogP contribution in [0.4, 0.5) is 10.5 Å². The molecule has 0 saturated carbocycles. The van der Waals surface area contributed by atoms with Crippen molar-refractivity contribution >= 4 is 18.1 Å². The third kappa shape index (κ3) is 5.94. The number of methoxy groups -OCH3 is 1. The minimum Gasteiger partial charge on any atom is -0.497 e. The maximum Gasteiger partial charge on any atom is 0.321 e. The number of carbonyl (C=O) groups is 2. The zero-order valence-electron chi connectivity index (χ0n) is 15.1. The van der Waals surface area contributed by atoms with Gasteiger partial charge in [0.1, 0.15) is 5.75 Å². The Morgan fingerprint density at radius 3 is 2.48 bits per heavy atom. The maximum absolute atomic E-state index is 12.4. The molecule has 1 aromatic carbocycles. The average Bonchev–Trinajstić information content (AvgIpc) is 2.61. The molecule has 1 saturated heterocycles. The van der Waals surface area contributed by atoms with Crippen molar-refractivity contribution in [3.63, 3.8) is 0 Å². The second kappa shape index (κ2) is 8.71. The Morgan fingerprint density at radius 1 is 1.28 bits per heavy atom. The SMILES string of the molecule is COc1ccc(NC(=O)N2CCC(CC(C)(C)ONC=O)CC2)cc1. The number of carbonyl (C=O) groups excluding carboxylic acids is 2. The lowest BCUT2D eigenvalue weighted by atomic mass is 9.86. The van der Waals surface area contributed by atoms with E-state index in [2.05, 4.69) is 10.8 Å². The molecular weight excluding hydrogens is 322 g/mol. The van der Waals surface area contributed by atoms with Gasteiger partial charge in [-0.05, 0) is 63.3 Å². The van der Waals surface area contributed by atoms with Gasteiger partial charge in [0.05, 0.1) is 12.7 Å². The van der Waals surface area contributed by atoms with Crippen LogP contribution < -0.4 is 15.5 Å². The Bertz CT molecular complexity index is 566. The van der Waals surface area contributed by atoms with E-state index in [0.717, 1.165) is 30.7 Å². The molecule has 1 aliphatic heterocycles. The largest absolute Gasteiger partial charge is 0.497 e. The fourth-order valence-corrected chi connectivity index (χ4v) is 3.14. The molecule has 0 radical (unpaired) electrons. The minimum absolute atomic E-state index is 0.0817.